The maximum atomic E-state index is 12.7. The Bertz CT molecular complexity index is 647. The van der Waals surface area contributed by atoms with Crippen LogP contribution in [0.1, 0.15) is 41.3 Å². The van der Waals surface area contributed by atoms with Gasteiger partial charge in [-0.3, -0.25) is 4.79 Å². The van der Waals surface area contributed by atoms with Gasteiger partial charge < -0.3 is 10.5 Å². The molecule has 0 aliphatic rings. The van der Waals surface area contributed by atoms with Crippen LogP contribution in [0.3, 0.4) is 0 Å². The third-order valence-electron chi connectivity index (χ3n) is 3.61. The number of ether oxygens (including phenoxy) is 1. The first kappa shape index (κ1) is 16.1. The molecular weight excluding hydrogens is 274 g/mol. The zero-order chi connectivity index (χ0) is 16.1. The van der Waals surface area contributed by atoms with Crippen molar-refractivity contribution in [2.45, 2.75) is 39.7 Å². The Kier molecular flexibility index (Phi) is 5.21. The van der Waals surface area contributed by atoms with Crippen LogP contribution in [0.4, 0.5) is 5.69 Å². The van der Waals surface area contributed by atoms with Gasteiger partial charge in [0, 0.05) is 5.56 Å². The lowest BCUT2D eigenvalue weighted by atomic mass is 10.0. The first-order valence-electron chi connectivity index (χ1n) is 7.65. The van der Waals surface area contributed by atoms with E-state index in [-0.39, 0.29) is 5.78 Å². The number of nitrogen functional groups attached to an aromatic ring is 1. The highest BCUT2D eigenvalue weighted by Gasteiger charge is 2.22. The van der Waals surface area contributed by atoms with Gasteiger partial charge in [0.1, 0.15) is 5.75 Å². The van der Waals surface area contributed by atoms with Crippen LogP contribution in [0, 0.1) is 13.8 Å². The van der Waals surface area contributed by atoms with Crippen LogP contribution in [-0.2, 0) is 0 Å². The van der Waals surface area contributed by atoms with Crippen molar-refractivity contribution in [3.63, 3.8) is 0 Å². The van der Waals surface area contributed by atoms with Gasteiger partial charge in [0.2, 0.25) is 5.78 Å². The van der Waals surface area contributed by atoms with Gasteiger partial charge in [0.15, 0.2) is 6.10 Å². The van der Waals surface area contributed by atoms with Crippen molar-refractivity contribution in [3.05, 3.63) is 59.2 Å². The number of benzene rings is 2. The molecule has 0 aliphatic heterocycles. The first-order valence-corrected chi connectivity index (χ1v) is 7.65. The summed E-state index contributed by atoms with van der Waals surface area (Å²) >= 11 is 0. The Morgan fingerprint density at radius 1 is 1.09 bits per heavy atom. The molecule has 3 heteroatoms. The summed E-state index contributed by atoms with van der Waals surface area (Å²) < 4.78 is 5.91. The van der Waals surface area contributed by atoms with Crippen LogP contribution in [0.15, 0.2) is 42.5 Å². The van der Waals surface area contributed by atoms with E-state index in [0.717, 1.165) is 17.5 Å². The second kappa shape index (κ2) is 7.12. The number of rotatable bonds is 6. The summed E-state index contributed by atoms with van der Waals surface area (Å²) in [7, 11) is 0. The lowest BCUT2D eigenvalue weighted by Gasteiger charge is -2.19. The van der Waals surface area contributed by atoms with E-state index in [1.807, 2.05) is 63.2 Å². The van der Waals surface area contributed by atoms with Crippen LogP contribution in [0.5, 0.6) is 5.75 Å². The highest BCUT2D eigenvalue weighted by Crippen LogP contribution is 2.25. The van der Waals surface area contributed by atoms with Crippen molar-refractivity contribution in [3.8, 4) is 5.75 Å². The summed E-state index contributed by atoms with van der Waals surface area (Å²) in [5.41, 5.74) is 9.43. The third kappa shape index (κ3) is 3.88. The predicted octanol–water partition coefficient (Wildman–Crippen LogP) is 4.32. The van der Waals surface area contributed by atoms with Crippen molar-refractivity contribution in [2.24, 2.45) is 0 Å². The van der Waals surface area contributed by atoms with Crippen molar-refractivity contribution in [1.82, 2.24) is 0 Å². The van der Waals surface area contributed by atoms with E-state index in [1.54, 1.807) is 0 Å². The average Bonchev–Trinajstić information content (AvgIpc) is 2.49. The second-order valence-electron chi connectivity index (χ2n) is 5.67. The summed E-state index contributed by atoms with van der Waals surface area (Å²) in [5, 5.41) is 0. The zero-order valence-corrected chi connectivity index (χ0v) is 13.4. The van der Waals surface area contributed by atoms with Crippen LogP contribution in [-0.4, -0.2) is 11.9 Å². The lowest BCUT2D eigenvalue weighted by molar-refractivity contribution is 0.0779. The molecule has 0 radical (unpaired) electrons. The Hall–Kier alpha value is -2.29. The largest absolute Gasteiger partial charge is 0.480 e. The molecular formula is C19H23NO2. The molecule has 2 N–H and O–H groups in total. The van der Waals surface area contributed by atoms with Gasteiger partial charge in [-0.1, -0.05) is 49.2 Å². The summed E-state index contributed by atoms with van der Waals surface area (Å²) in [6.45, 7) is 6.01. The molecule has 2 aromatic carbocycles. The number of nitrogens with two attached hydrogens (primary N) is 1. The molecule has 0 amide bonds. The van der Waals surface area contributed by atoms with Crippen molar-refractivity contribution in [1.29, 1.82) is 0 Å². The van der Waals surface area contributed by atoms with Crippen molar-refractivity contribution >= 4 is 11.5 Å². The van der Waals surface area contributed by atoms with E-state index in [2.05, 4.69) is 0 Å². The quantitative estimate of drug-likeness (QED) is 0.638. The Labute approximate surface area is 132 Å². The summed E-state index contributed by atoms with van der Waals surface area (Å²) in [5.74, 6) is 0.575. The predicted molar refractivity (Wildman–Crippen MR) is 90.4 cm³/mol. The van der Waals surface area contributed by atoms with E-state index < -0.39 is 6.10 Å². The maximum Gasteiger partial charge on any atom is 0.203 e. The minimum Gasteiger partial charge on any atom is -0.480 e. The molecule has 116 valence electrons. The SMILES string of the molecule is CCCC(Oc1ccc(C)cc1N)C(=O)c1ccc(C)cc1. The summed E-state index contributed by atoms with van der Waals surface area (Å²) in [6, 6.07) is 13.2. The highest BCUT2D eigenvalue weighted by molar-refractivity contribution is 5.99. The molecule has 0 saturated heterocycles. The normalized spacial score (nSPS) is 12.0. The lowest BCUT2D eigenvalue weighted by Crippen LogP contribution is -2.27. The van der Waals surface area contributed by atoms with Gasteiger partial charge in [-0.25, -0.2) is 0 Å². The van der Waals surface area contributed by atoms with Gasteiger partial charge in [0.05, 0.1) is 5.69 Å². The molecule has 0 bridgehead atoms. The van der Waals surface area contributed by atoms with E-state index in [9.17, 15) is 4.79 Å². The fraction of sp³-hybridized carbons (Fsp3) is 0.316. The first-order chi connectivity index (χ1) is 10.5. The molecule has 3 nitrogen and oxygen atoms in total. The molecule has 0 aliphatic carbocycles. The molecule has 2 aromatic rings. The fourth-order valence-electron chi connectivity index (χ4n) is 2.34. The van der Waals surface area contributed by atoms with Crippen LogP contribution in [0.2, 0.25) is 0 Å². The Morgan fingerprint density at radius 3 is 2.32 bits per heavy atom. The van der Waals surface area contributed by atoms with Gasteiger partial charge in [-0.15, -0.1) is 0 Å². The van der Waals surface area contributed by atoms with Crippen LogP contribution < -0.4 is 10.5 Å². The maximum absolute atomic E-state index is 12.7. The number of carbonyl (C=O) groups excluding carboxylic acids is 1. The topological polar surface area (TPSA) is 52.3 Å². The van der Waals surface area contributed by atoms with Crippen LogP contribution in [0.25, 0.3) is 0 Å². The van der Waals surface area contributed by atoms with Crippen molar-refractivity contribution in [2.75, 3.05) is 5.73 Å². The third-order valence-corrected chi connectivity index (χ3v) is 3.61. The number of anilines is 1. The molecule has 1 atom stereocenters. The minimum atomic E-state index is -0.502. The molecule has 0 aromatic heterocycles. The number of ketones is 1. The van der Waals surface area contributed by atoms with Crippen LogP contribution >= 0.6 is 0 Å². The molecule has 0 fully saturated rings. The van der Waals surface area contributed by atoms with E-state index >= 15 is 0 Å². The van der Waals surface area contributed by atoms with Gasteiger partial charge >= 0.3 is 0 Å². The molecule has 0 heterocycles. The van der Waals surface area contributed by atoms with Gasteiger partial charge in [0.25, 0.3) is 0 Å². The average molecular weight is 297 g/mol. The molecule has 22 heavy (non-hydrogen) atoms. The summed E-state index contributed by atoms with van der Waals surface area (Å²) in [4.78, 5) is 12.7. The smallest absolute Gasteiger partial charge is 0.203 e. The molecule has 2 rings (SSSR count). The number of hydrogen-bond donors (Lipinski definition) is 1. The number of carbonyl (C=O) groups is 1. The van der Waals surface area contributed by atoms with Crippen molar-refractivity contribution < 1.29 is 9.53 Å². The zero-order valence-electron chi connectivity index (χ0n) is 13.4. The molecule has 0 saturated carbocycles. The molecule has 1 unspecified atom stereocenters. The number of hydrogen-bond acceptors (Lipinski definition) is 3. The van der Waals surface area contributed by atoms with Gasteiger partial charge in [-0.2, -0.15) is 0 Å². The summed E-state index contributed by atoms with van der Waals surface area (Å²) in [6.07, 6.45) is 1.03. The second-order valence-corrected chi connectivity index (χ2v) is 5.67. The van der Waals surface area contributed by atoms with Gasteiger partial charge in [-0.05, 0) is 38.0 Å². The van der Waals surface area contributed by atoms with E-state index in [4.69, 9.17) is 10.5 Å². The number of aryl methyl sites for hydroxylation is 2. The Balaban J connectivity index is 2.22. The minimum absolute atomic E-state index is 0.00169. The Morgan fingerprint density at radius 2 is 1.73 bits per heavy atom. The number of Topliss-reactive ketones (excluding diaryl/α,β-unsaturated/α-hetero) is 1. The highest BCUT2D eigenvalue weighted by atomic mass is 16.5. The van der Waals surface area contributed by atoms with E-state index in [0.29, 0.717) is 23.4 Å². The molecule has 0 spiro atoms. The van der Waals surface area contributed by atoms with E-state index in [1.165, 1.54) is 0 Å². The monoisotopic (exact) mass is 297 g/mol. The fourth-order valence-corrected chi connectivity index (χ4v) is 2.34. The standard InChI is InChI=1S/C19H23NO2/c1-4-5-18(19(21)15-9-6-13(2)7-10-15)22-17-11-8-14(3)12-16(17)20/h6-12,18H,4-5,20H2,1-3H3.